The molecule has 0 bridgehead atoms. The van der Waals surface area contributed by atoms with Crippen molar-refractivity contribution >= 4 is 0 Å². The molecule has 2 atom stereocenters. The van der Waals surface area contributed by atoms with Gasteiger partial charge in [-0.1, -0.05) is 6.07 Å². The Kier molecular flexibility index (Phi) is 5.97. The van der Waals surface area contributed by atoms with Gasteiger partial charge in [0.1, 0.15) is 0 Å². The van der Waals surface area contributed by atoms with Gasteiger partial charge in [0.05, 0.1) is 6.61 Å². The molecule has 124 valence electrons. The van der Waals surface area contributed by atoms with E-state index in [1.807, 2.05) is 13.8 Å². The largest absolute Gasteiger partial charge is 0.490 e. The molecule has 0 aromatic heterocycles. The van der Waals surface area contributed by atoms with Crippen LogP contribution in [0.25, 0.3) is 0 Å². The van der Waals surface area contributed by atoms with Crippen LogP contribution < -0.4 is 15.2 Å². The lowest BCUT2D eigenvalue weighted by atomic mass is 10.0. The number of hydrogen-bond acceptors (Lipinski definition) is 4. The number of nitrogens with zero attached hydrogens (tertiary/aromatic N) is 1. The molecule has 0 saturated carbocycles. The van der Waals surface area contributed by atoms with Crippen molar-refractivity contribution in [1.82, 2.24) is 4.90 Å². The van der Waals surface area contributed by atoms with Crippen LogP contribution in [0.3, 0.4) is 0 Å². The quantitative estimate of drug-likeness (QED) is 0.841. The highest BCUT2D eigenvalue weighted by Crippen LogP contribution is 2.31. The molecular weight excluding hydrogens is 290 g/mol. The first-order valence-electron chi connectivity index (χ1n) is 7.68. The van der Waals surface area contributed by atoms with E-state index < -0.39 is 6.61 Å². The standard InChI is InChI=1S/C16H24F2N2O2/c1-3-21-15-8-12(4-5-14(15)22-16(17)18)9-20-7-6-13(10-20)11(2)19/h4-5,8,11,13,16H,3,6-7,9-10,19H2,1-2H3. The number of likely N-dealkylation sites (tertiary alicyclic amines) is 1. The summed E-state index contributed by atoms with van der Waals surface area (Å²) in [6.45, 7) is 4.14. The summed E-state index contributed by atoms with van der Waals surface area (Å²) < 4.78 is 34.7. The lowest BCUT2D eigenvalue weighted by molar-refractivity contribution is -0.0514. The first kappa shape index (κ1) is 17.0. The fourth-order valence-electron chi connectivity index (χ4n) is 2.81. The van der Waals surface area contributed by atoms with Gasteiger partial charge in [-0.25, -0.2) is 0 Å². The summed E-state index contributed by atoms with van der Waals surface area (Å²) >= 11 is 0. The van der Waals surface area contributed by atoms with Gasteiger partial charge in [-0.15, -0.1) is 0 Å². The molecule has 0 radical (unpaired) electrons. The van der Waals surface area contributed by atoms with E-state index in [0.29, 0.717) is 18.3 Å². The molecule has 2 unspecified atom stereocenters. The van der Waals surface area contributed by atoms with Crippen LogP contribution in [0.1, 0.15) is 25.8 Å². The number of halogens is 2. The number of nitrogens with two attached hydrogens (primary N) is 1. The maximum absolute atomic E-state index is 12.4. The third-order valence-corrected chi connectivity index (χ3v) is 3.98. The zero-order chi connectivity index (χ0) is 16.1. The van der Waals surface area contributed by atoms with Crippen LogP contribution in [-0.2, 0) is 6.54 Å². The lowest BCUT2D eigenvalue weighted by Gasteiger charge is -2.19. The Morgan fingerprint density at radius 1 is 1.36 bits per heavy atom. The summed E-state index contributed by atoms with van der Waals surface area (Å²) in [6.07, 6.45) is 1.10. The van der Waals surface area contributed by atoms with Crippen molar-refractivity contribution in [1.29, 1.82) is 0 Å². The Labute approximate surface area is 130 Å². The van der Waals surface area contributed by atoms with Crippen LogP contribution in [0.15, 0.2) is 18.2 Å². The Balaban J connectivity index is 2.04. The molecule has 1 saturated heterocycles. The van der Waals surface area contributed by atoms with Crippen LogP contribution in [0.5, 0.6) is 11.5 Å². The number of hydrogen-bond donors (Lipinski definition) is 1. The van der Waals surface area contributed by atoms with E-state index >= 15 is 0 Å². The molecule has 0 spiro atoms. The zero-order valence-electron chi connectivity index (χ0n) is 13.1. The van der Waals surface area contributed by atoms with E-state index in [-0.39, 0.29) is 11.8 Å². The third-order valence-electron chi connectivity index (χ3n) is 3.98. The second-order valence-electron chi connectivity index (χ2n) is 5.74. The van der Waals surface area contributed by atoms with Crippen LogP contribution in [0, 0.1) is 5.92 Å². The van der Waals surface area contributed by atoms with E-state index in [1.165, 1.54) is 0 Å². The molecule has 1 aliphatic heterocycles. The summed E-state index contributed by atoms with van der Waals surface area (Å²) in [5.41, 5.74) is 6.97. The van der Waals surface area contributed by atoms with E-state index in [0.717, 1.165) is 31.6 Å². The van der Waals surface area contributed by atoms with Crippen molar-refractivity contribution in [2.45, 2.75) is 39.5 Å². The Morgan fingerprint density at radius 2 is 2.14 bits per heavy atom. The van der Waals surface area contributed by atoms with Crippen molar-refractivity contribution in [3.05, 3.63) is 23.8 Å². The molecule has 1 heterocycles. The first-order valence-corrected chi connectivity index (χ1v) is 7.68. The zero-order valence-corrected chi connectivity index (χ0v) is 13.1. The summed E-state index contributed by atoms with van der Waals surface area (Å²) in [6, 6.07) is 5.33. The van der Waals surface area contributed by atoms with Crippen LogP contribution >= 0.6 is 0 Å². The van der Waals surface area contributed by atoms with Gasteiger partial charge in [-0.05, 0) is 50.4 Å². The summed E-state index contributed by atoms with van der Waals surface area (Å²) in [5, 5.41) is 0. The average Bonchev–Trinajstić information content (AvgIpc) is 2.90. The molecule has 4 nitrogen and oxygen atoms in total. The normalized spacial score (nSPS) is 20.4. The van der Waals surface area contributed by atoms with E-state index in [4.69, 9.17) is 10.5 Å². The van der Waals surface area contributed by atoms with Gasteiger partial charge in [0, 0.05) is 19.1 Å². The first-order chi connectivity index (χ1) is 10.5. The number of alkyl halides is 2. The van der Waals surface area contributed by atoms with Crippen molar-refractivity contribution in [3.8, 4) is 11.5 Å². The monoisotopic (exact) mass is 314 g/mol. The smallest absolute Gasteiger partial charge is 0.387 e. The molecule has 1 aliphatic rings. The maximum atomic E-state index is 12.4. The van der Waals surface area contributed by atoms with Crippen LogP contribution in [0.2, 0.25) is 0 Å². The minimum absolute atomic E-state index is 0.0791. The molecule has 1 fully saturated rings. The molecular formula is C16H24F2N2O2. The maximum Gasteiger partial charge on any atom is 0.387 e. The van der Waals surface area contributed by atoms with E-state index in [9.17, 15) is 8.78 Å². The van der Waals surface area contributed by atoms with Gasteiger partial charge in [0.2, 0.25) is 0 Å². The number of ether oxygens (including phenoxy) is 2. The molecule has 6 heteroatoms. The Hall–Kier alpha value is -1.40. The van der Waals surface area contributed by atoms with Gasteiger partial charge < -0.3 is 15.2 Å². The molecule has 1 aromatic rings. The number of benzene rings is 1. The van der Waals surface area contributed by atoms with Gasteiger partial charge in [0.15, 0.2) is 11.5 Å². The summed E-state index contributed by atoms with van der Waals surface area (Å²) in [4.78, 5) is 2.33. The van der Waals surface area contributed by atoms with Gasteiger partial charge in [-0.2, -0.15) is 8.78 Å². The van der Waals surface area contributed by atoms with Gasteiger partial charge >= 0.3 is 6.61 Å². The molecule has 0 aliphatic carbocycles. The minimum atomic E-state index is -2.85. The topological polar surface area (TPSA) is 47.7 Å². The summed E-state index contributed by atoms with van der Waals surface area (Å²) in [5.74, 6) is 0.964. The molecule has 0 amide bonds. The highest BCUT2D eigenvalue weighted by Gasteiger charge is 2.25. The highest BCUT2D eigenvalue weighted by atomic mass is 19.3. The second-order valence-corrected chi connectivity index (χ2v) is 5.74. The predicted octanol–water partition coefficient (Wildman–Crippen LogP) is 2.86. The molecule has 2 rings (SSSR count). The highest BCUT2D eigenvalue weighted by molar-refractivity contribution is 5.43. The van der Waals surface area contributed by atoms with Crippen LogP contribution in [-0.4, -0.2) is 37.2 Å². The second kappa shape index (κ2) is 7.74. The minimum Gasteiger partial charge on any atom is -0.490 e. The van der Waals surface area contributed by atoms with Gasteiger partial charge in [-0.3, -0.25) is 4.90 Å². The molecule has 2 N–H and O–H groups in total. The van der Waals surface area contributed by atoms with E-state index in [2.05, 4.69) is 9.64 Å². The van der Waals surface area contributed by atoms with E-state index in [1.54, 1.807) is 18.2 Å². The Morgan fingerprint density at radius 3 is 2.73 bits per heavy atom. The average molecular weight is 314 g/mol. The van der Waals surface area contributed by atoms with Crippen molar-refractivity contribution in [2.75, 3.05) is 19.7 Å². The third kappa shape index (κ3) is 4.55. The Bertz CT molecular complexity index is 483. The fraction of sp³-hybridized carbons (Fsp3) is 0.625. The lowest BCUT2D eigenvalue weighted by Crippen LogP contribution is -2.29. The molecule has 1 aromatic carbocycles. The van der Waals surface area contributed by atoms with Gasteiger partial charge in [0.25, 0.3) is 0 Å². The van der Waals surface area contributed by atoms with Crippen molar-refractivity contribution in [2.24, 2.45) is 11.7 Å². The van der Waals surface area contributed by atoms with Crippen LogP contribution in [0.4, 0.5) is 8.78 Å². The predicted molar refractivity (Wildman–Crippen MR) is 81.3 cm³/mol. The number of rotatable bonds is 7. The summed E-state index contributed by atoms with van der Waals surface area (Å²) in [7, 11) is 0. The van der Waals surface area contributed by atoms with Crippen molar-refractivity contribution < 1.29 is 18.3 Å². The fourth-order valence-corrected chi connectivity index (χ4v) is 2.81. The molecule has 22 heavy (non-hydrogen) atoms. The van der Waals surface area contributed by atoms with Crippen molar-refractivity contribution in [3.63, 3.8) is 0 Å². The SMILES string of the molecule is CCOc1cc(CN2CCC(C(C)N)C2)ccc1OC(F)F.